The highest BCUT2D eigenvalue weighted by atomic mass is 16.5. The third kappa shape index (κ3) is 1.47. The van der Waals surface area contributed by atoms with Crippen molar-refractivity contribution in [2.75, 3.05) is 13.2 Å². The Bertz CT molecular complexity index is 294. The van der Waals surface area contributed by atoms with Crippen molar-refractivity contribution in [3.63, 3.8) is 0 Å². The minimum Gasteiger partial charge on any atom is -0.493 e. The molecule has 2 nitrogen and oxygen atoms in total. The van der Waals surface area contributed by atoms with E-state index in [4.69, 9.17) is 4.74 Å². The van der Waals surface area contributed by atoms with E-state index in [-0.39, 0.29) is 0 Å². The molecule has 0 amide bonds. The summed E-state index contributed by atoms with van der Waals surface area (Å²) < 4.78 is 5.54. The van der Waals surface area contributed by atoms with Gasteiger partial charge in [-0.15, -0.1) is 0 Å². The molecule has 0 saturated heterocycles. The van der Waals surface area contributed by atoms with Crippen LogP contribution in [0.25, 0.3) is 0 Å². The van der Waals surface area contributed by atoms with E-state index in [1.807, 2.05) is 30.5 Å². The van der Waals surface area contributed by atoms with Crippen molar-refractivity contribution in [3.05, 3.63) is 29.8 Å². The van der Waals surface area contributed by atoms with E-state index in [1.54, 1.807) is 0 Å². The fourth-order valence-electron chi connectivity index (χ4n) is 1.22. The van der Waals surface area contributed by atoms with Crippen molar-refractivity contribution in [2.24, 2.45) is 4.99 Å². The van der Waals surface area contributed by atoms with E-state index in [1.165, 1.54) is 0 Å². The highest BCUT2D eigenvalue weighted by Crippen LogP contribution is 2.16. The van der Waals surface area contributed by atoms with Gasteiger partial charge in [0.05, 0.1) is 6.61 Å². The maximum atomic E-state index is 5.54. The van der Waals surface area contributed by atoms with Crippen LogP contribution in [0.4, 0.5) is 0 Å². The van der Waals surface area contributed by atoms with Gasteiger partial charge in [0.2, 0.25) is 0 Å². The van der Waals surface area contributed by atoms with Crippen LogP contribution in [-0.2, 0) is 0 Å². The lowest BCUT2D eigenvalue weighted by atomic mass is 10.2. The Morgan fingerprint density at radius 1 is 1.25 bits per heavy atom. The molecule has 2 rings (SSSR count). The monoisotopic (exact) mass is 161 g/mol. The van der Waals surface area contributed by atoms with Gasteiger partial charge < -0.3 is 4.74 Å². The summed E-state index contributed by atoms with van der Waals surface area (Å²) in [5.74, 6) is 0.945. The lowest BCUT2D eigenvalue weighted by molar-refractivity contribution is 0.311. The van der Waals surface area contributed by atoms with Crippen LogP contribution in [0.2, 0.25) is 0 Å². The van der Waals surface area contributed by atoms with Gasteiger partial charge in [-0.2, -0.15) is 0 Å². The van der Waals surface area contributed by atoms with Gasteiger partial charge in [0.25, 0.3) is 0 Å². The standard InChI is InChI=1S/C10H11NO/c1-2-5-10-9(4-1)8-11-6-3-7-12-10/h1-2,4-5,8H,3,6-7H2. The molecule has 0 unspecified atom stereocenters. The molecule has 0 atom stereocenters. The molecule has 62 valence electrons. The van der Waals surface area contributed by atoms with E-state index in [2.05, 4.69) is 4.99 Å². The van der Waals surface area contributed by atoms with E-state index in [0.29, 0.717) is 0 Å². The van der Waals surface area contributed by atoms with Crippen molar-refractivity contribution in [1.29, 1.82) is 0 Å². The predicted molar refractivity (Wildman–Crippen MR) is 49.0 cm³/mol. The molecular weight excluding hydrogens is 150 g/mol. The first-order chi connectivity index (χ1) is 5.97. The highest BCUT2D eigenvalue weighted by Gasteiger charge is 2.01. The molecule has 0 spiro atoms. The zero-order valence-electron chi connectivity index (χ0n) is 6.86. The van der Waals surface area contributed by atoms with Gasteiger partial charge in [0.1, 0.15) is 5.75 Å². The first kappa shape index (κ1) is 7.35. The third-order valence-corrected chi connectivity index (χ3v) is 1.84. The summed E-state index contributed by atoms with van der Waals surface area (Å²) in [5, 5.41) is 0. The fraction of sp³-hybridized carbons (Fsp3) is 0.300. The van der Waals surface area contributed by atoms with E-state index in [0.717, 1.165) is 30.9 Å². The number of para-hydroxylation sites is 1. The number of ether oxygens (including phenoxy) is 1. The summed E-state index contributed by atoms with van der Waals surface area (Å²) >= 11 is 0. The summed E-state index contributed by atoms with van der Waals surface area (Å²) in [5.41, 5.74) is 1.08. The molecule has 0 aliphatic carbocycles. The molecule has 1 aromatic carbocycles. The van der Waals surface area contributed by atoms with Gasteiger partial charge in [-0.05, 0) is 12.1 Å². The van der Waals surface area contributed by atoms with Gasteiger partial charge in [0, 0.05) is 24.7 Å². The van der Waals surface area contributed by atoms with Crippen LogP contribution in [0.5, 0.6) is 5.75 Å². The Morgan fingerprint density at radius 3 is 3.17 bits per heavy atom. The minimum absolute atomic E-state index is 0.772. The van der Waals surface area contributed by atoms with Crippen LogP contribution in [0.15, 0.2) is 29.3 Å². The second-order valence-electron chi connectivity index (χ2n) is 2.78. The molecule has 1 aromatic rings. The summed E-state index contributed by atoms with van der Waals surface area (Å²) in [4.78, 5) is 4.27. The first-order valence-corrected chi connectivity index (χ1v) is 4.18. The minimum atomic E-state index is 0.772. The molecule has 1 aliphatic heterocycles. The maximum Gasteiger partial charge on any atom is 0.128 e. The Kier molecular flexibility index (Phi) is 2.08. The van der Waals surface area contributed by atoms with E-state index < -0.39 is 0 Å². The number of nitrogens with zero attached hydrogens (tertiary/aromatic N) is 1. The van der Waals surface area contributed by atoms with Crippen LogP contribution in [0.3, 0.4) is 0 Å². The van der Waals surface area contributed by atoms with Crippen molar-refractivity contribution < 1.29 is 4.74 Å². The number of aliphatic imine (C=N–C) groups is 1. The zero-order chi connectivity index (χ0) is 8.23. The second-order valence-corrected chi connectivity index (χ2v) is 2.78. The highest BCUT2D eigenvalue weighted by molar-refractivity contribution is 5.83. The van der Waals surface area contributed by atoms with Gasteiger partial charge in [0.15, 0.2) is 0 Å². The average Bonchev–Trinajstić information content (AvgIpc) is 2.06. The Balaban J connectivity index is 2.36. The second kappa shape index (κ2) is 3.39. The molecule has 0 radical (unpaired) electrons. The van der Waals surface area contributed by atoms with Gasteiger partial charge in [-0.3, -0.25) is 4.99 Å². The van der Waals surface area contributed by atoms with Crippen LogP contribution in [0.1, 0.15) is 12.0 Å². The smallest absolute Gasteiger partial charge is 0.128 e. The third-order valence-electron chi connectivity index (χ3n) is 1.84. The Morgan fingerprint density at radius 2 is 2.17 bits per heavy atom. The molecule has 0 saturated carbocycles. The molecule has 0 N–H and O–H groups in total. The molecule has 1 heterocycles. The largest absolute Gasteiger partial charge is 0.493 e. The van der Waals surface area contributed by atoms with Gasteiger partial charge in [-0.1, -0.05) is 12.1 Å². The lowest BCUT2D eigenvalue weighted by Crippen LogP contribution is -2.04. The van der Waals surface area contributed by atoms with Gasteiger partial charge >= 0.3 is 0 Å². The van der Waals surface area contributed by atoms with E-state index >= 15 is 0 Å². The SMILES string of the molecule is C1=NCCCOc2ccccc21. The van der Waals surface area contributed by atoms with Crippen molar-refractivity contribution in [3.8, 4) is 5.75 Å². The van der Waals surface area contributed by atoms with Crippen LogP contribution in [0, 0.1) is 0 Å². The number of fused-ring (bicyclic) bond motifs is 1. The normalized spacial score (nSPS) is 15.7. The molecule has 0 bridgehead atoms. The average molecular weight is 161 g/mol. The molecule has 1 aliphatic rings. The molecule has 2 heteroatoms. The number of rotatable bonds is 0. The number of hydrogen-bond donors (Lipinski definition) is 0. The summed E-state index contributed by atoms with van der Waals surface area (Å²) in [6, 6.07) is 7.97. The summed E-state index contributed by atoms with van der Waals surface area (Å²) in [6.45, 7) is 1.64. The predicted octanol–water partition coefficient (Wildman–Crippen LogP) is 1.89. The van der Waals surface area contributed by atoms with Crippen LogP contribution < -0.4 is 4.74 Å². The quantitative estimate of drug-likeness (QED) is 0.569. The zero-order valence-corrected chi connectivity index (χ0v) is 6.86. The fourth-order valence-corrected chi connectivity index (χ4v) is 1.22. The number of hydrogen-bond acceptors (Lipinski definition) is 2. The number of benzene rings is 1. The van der Waals surface area contributed by atoms with E-state index in [9.17, 15) is 0 Å². The van der Waals surface area contributed by atoms with Crippen molar-refractivity contribution >= 4 is 6.21 Å². The summed E-state index contributed by atoms with van der Waals surface area (Å²) in [6.07, 6.45) is 2.89. The molecule has 0 aromatic heterocycles. The lowest BCUT2D eigenvalue weighted by Gasteiger charge is -2.10. The Hall–Kier alpha value is -1.31. The summed E-state index contributed by atoms with van der Waals surface area (Å²) in [7, 11) is 0. The van der Waals surface area contributed by atoms with Gasteiger partial charge in [-0.25, -0.2) is 0 Å². The topological polar surface area (TPSA) is 21.6 Å². The Labute approximate surface area is 71.9 Å². The van der Waals surface area contributed by atoms with Crippen LogP contribution >= 0.6 is 0 Å². The molecule has 0 fully saturated rings. The molecule has 12 heavy (non-hydrogen) atoms. The maximum absolute atomic E-state index is 5.54. The molecular formula is C10H11NO. The van der Waals surface area contributed by atoms with Crippen LogP contribution in [-0.4, -0.2) is 19.4 Å². The first-order valence-electron chi connectivity index (χ1n) is 4.18. The van der Waals surface area contributed by atoms with Crippen molar-refractivity contribution in [1.82, 2.24) is 0 Å². The van der Waals surface area contributed by atoms with Crippen molar-refractivity contribution in [2.45, 2.75) is 6.42 Å².